The summed E-state index contributed by atoms with van der Waals surface area (Å²) in [5, 5.41) is 36.9. The van der Waals surface area contributed by atoms with Crippen molar-refractivity contribution in [1.29, 1.82) is 0 Å². The van der Waals surface area contributed by atoms with Crippen LogP contribution in [-0.4, -0.2) is 101 Å². The number of hydrogen-bond acceptors (Lipinski definition) is 10. The molecular weight excluding hydrogens is 662 g/mol. The number of carbonyl (C=O) groups excluding carboxylic acids is 3. The van der Waals surface area contributed by atoms with Crippen LogP contribution in [0.4, 0.5) is 0 Å². The smallest absolute Gasteiger partial charge is 0.298 e. The molecule has 3 aromatic heterocycles. The normalized spacial score (nSPS) is 13.7. The third kappa shape index (κ3) is 6.95. The first kappa shape index (κ1) is 36.8. The number of primary amides is 1. The van der Waals surface area contributed by atoms with E-state index in [1.165, 1.54) is 23.9 Å². The molecule has 51 heavy (non-hydrogen) atoms. The van der Waals surface area contributed by atoms with Gasteiger partial charge in [-0.25, -0.2) is 0 Å². The molecule has 5 aromatic rings. The summed E-state index contributed by atoms with van der Waals surface area (Å²) >= 11 is 0. The number of nitrogens with zero attached hydrogens (tertiary/aromatic N) is 8. The molecule has 17 heteroatoms. The molecule has 0 bridgehead atoms. The van der Waals surface area contributed by atoms with E-state index in [0.717, 1.165) is 0 Å². The first-order valence-corrected chi connectivity index (χ1v) is 16.3. The number of aromatic nitrogens is 6. The average Bonchev–Trinajstić information content (AvgIpc) is 3.72. The van der Waals surface area contributed by atoms with Crippen molar-refractivity contribution in [2.75, 3.05) is 27.4 Å². The van der Waals surface area contributed by atoms with Crippen LogP contribution in [0, 0.1) is 6.92 Å². The van der Waals surface area contributed by atoms with Crippen molar-refractivity contribution < 1.29 is 39.2 Å². The Balaban J connectivity index is 1.63. The minimum absolute atomic E-state index is 0.0893. The summed E-state index contributed by atoms with van der Waals surface area (Å²) in [6.45, 7) is 3.72. The van der Waals surface area contributed by atoms with Gasteiger partial charge in [-0.1, -0.05) is 0 Å². The summed E-state index contributed by atoms with van der Waals surface area (Å²) in [5.41, 5.74) is 9.51. The second-order valence-electron chi connectivity index (χ2n) is 12.0. The molecule has 0 aliphatic rings. The molecule has 0 aliphatic carbocycles. The van der Waals surface area contributed by atoms with E-state index in [0.29, 0.717) is 63.9 Å². The zero-order valence-corrected chi connectivity index (χ0v) is 29.4. The van der Waals surface area contributed by atoms with E-state index in [1.54, 1.807) is 64.5 Å². The highest BCUT2D eigenvalue weighted by Gasteiger charge is 2.26. The Morgan fingerprint density at radius 1 is 0.980 bits per heavy atom. The van der Waals surface area contributed by atoms with Crippen molar-refractivity contribution in [2.45, 2.75) is 52.1 Å². The molecule has 0 spiro atoms. The van der Waals surface area contributed by atoms with Crippen LogP contribution in [0.2, 0.25) is 0 Å². The van der Waals surface area contributed by atoms with Crippen LogP contribution >= 0.6 is 0 Å². The molecule has 5 rings (SSSR count). The van der Waals surface area contributed by atoms with Gasteiger partial charge in [-0.2, -0.15) is 10.1 Å². The van der Waals surface area contributed by atoms with E-state index in [-0.39, 0.29) is 48.9 Å². The fourth-order valence-corrected chi connectivity index (χ4v) is 6.24. The number of aldehydes is 1. The quantitative estimate of drug-likeness (QED) is 0.0913. The van der Waals surface area contributed by atoms with Gasteiger partial charge in [0.25, 0.3) is 5.91 Å². The number of amides is 2. The number of hydrogen-bond donors (Lipinski definition) is 4. The molecule has 0 saturated carbocycles. The van der Waals surface area contributed by atoms with E-state index < -0.39 is 24.0 Å². The minimum atomic E-state index is -1.45. The van der Waals surface area contributed by atoms with E-state index in [1.807, 2.05) is 6.92 Å². The maximum absolute atomic E-state index is 13.6. The maximum atomic E-state index is 13.6. The SMILES string of the molecule is CCn1nc(C)cc1C(=O)/N=c1\n(C)c2cc(C(N)=O)cc(OC)c2n1CC(O)C(O)Cn1/c(=N/C)n(C)c2cc(C=O)cc(OCCCO)c21. The summed E-state index contributed by atoms with van der Waals surface area (Å²) in [6.07, 6.45) is -1.81. The first-order valence-electron chi connectivity index (χ1n) is 16.3. The lowest BCUT2D eigenvalue weighted by molar-refractivity contribution is -0.000231. The van der Waals surface area contributed by atoms with Gasteiger partial charge in [-0.05, 0) is 44.2 Å². The van der Waals surface area contributed by atoms with Gasteiger partial charge in [0.2, 0.25) is 17.1 Å². The summed E-state index contributed by atoms with van der Waals surface area (Å²) in [5.74, 6) is -0.715. The van der Waals surface area contributed by atoms with Gasteiger partial charge in [0, 0.05) is 51.8 Å². The molecule has 0 radical (unpaired) electrons. The molecule has 2 atom stereocenters. The lowest BCUT2D eigenvalue weighted by Crippen LogP contribution is -2.39. The number of carbonyl (C=O) groups is 3. The fourth-order valence-electron chi connectivity index (χ4n) is 6.24. The average molecular weight is 706 g/mol. The molecule has 0 fully saturated rings. The number of rotatable bonds is 14. The molecule has 272 valence electrons. The highest BCUT2D eigenvalue weighted by atomic mass is 16.5. The van der Waals surface area contributed by atoms with Gasteiger partial charge in [-0.15, -0.1) is 0 Å². The highest BCUT2D eigenvalue weighted by molar-refractivity contribution is 5.99. The number of aliphatic hydroxyl groups is 3. The monoisotopic (exact) mass is 705 g/mol. The van der Waals surface area contributed by atoms with Crippen molar-refractivity contribution in [1.82, 2.24) is 28.0 Å². The van der Waals surface area contributed by atoms with Crippen molar-refractivity contribution in [3.05, 3.63) is 64.1 Å². The molecule has 2 unspecified atom stereocenters. The van der Waals surface area contributed by atoms with Crippen LogP contribution in [0.25, 0.3) is 22.1 Å². The summed E-state index contributed by atoms with van der Waals surface area (Å²) in [7, 11) is 6.39. The highest BCUT2D eigenvalue weighted by Crippen LogP contribution is 2.29. The number of nitrogens with two attached hydrogens (primary N) is 1. The van der Waals surface area contributed by atoms with Crippen molar-refractivity contribution in [3.63, 3.8) is 0 Å². The van der Waals surface area contributed by atoms with Gasteiger partial charge >= 0.3 is 0 Å². The van der Waals surface area contributed by atoms with Crippen LogP contribution in [0.5, 0.6) is 11.5 Å². The van der Waals surface area contributed by atoms with Gasteiger partial charge in [-0.3, -0.25) is 24.1 Å². The van der Waals surface area contributed by atoms with Crippen LogP contribution in [0.15, 0.2) is 40.3 Å². The maximum Gasteiger partial charge on any atom is 0.298 e. The third-order valence-corrected chi connectivity index (χ3v) is 8.68. The van der Waals surface area contributed by atoms with Crippen LogP contribution < -0.4 is 26.4 Å². The lowest BCUT2D eigenvalue weighted by Gasteiger charge is -2.21. The standard InChI is InChI=1S/C34H43N9O8/c1-7-43-24(11-19(2)38-43)32(49)37-34-40(5)23-14-21(31(35)48)15-27(50-6)29(23)42(34)17-26(47)25(46)16-41-30-22(39(4)33(41)36-3)12-20(18-45)13-28(30)51-10-8-9-44/h11-15,18,25-26,44,46-47H,7-10,16-17H2,1-6H3,(H2,35,48)/b36-33+,37-34+. The molecule has 3 heterocycles. The molecule has 2 amide bonds. The zero-order chi connectivity index (χ0) is 37.1. The molecule has 17 nitrogen and oxygen atoms in total. The fraction of sp³-hybridized carbons (Fsp3) is 0.412. The Kier molecular flexibility index (Phi) is 10.9. The van der Waals surface area contributed by atoms with Gasteiger partial charge in [0.15, 0.2) is 0 Å². The molecule has 2 aromatic carbocycles. The number of ether oxygens (including phenoxy) is 2. The van der Waals surface area contributed by atoms with Crippen molar-refractivity contribution in [2.24, 2.45) is 29.8 Å². The second-order valence-corrected chi connectivity index (χ2v) is 12.0. The Morgan fingerprint density at radius 2 is 1.61 bits per heavy atom. The molecule has 0 aliphatic heterocycles. The van der Waals surface area contributed by atoms with Crippen LogP contribution in [0.3, 0.4) is 0 Å². The predicted octanol–water partition coefficient (Wildman–Crippen LogP) is 0.173. The predicted molar refractivity (Wildman–Crippen MR) is 186 cm³/mol. The van der Waals surface area contributed by atoms with Gasteiger partial charge in [0.05, 0.1) is 55.7 Å². The van der Waals surface area contributed by atoms with Crippen molar-refractivity contribution >= 4 is 40.2 Å². The Labute approximate surface area is 292 Å². The summed E-state index contributed by atoms with van der Waals surface area (Å²) in [6, 6.07) is 7.87. The van der Waals surface area contributed by atoms with Crippen molar-refractivity contribution in [3.8, 4) is 11.5 Å². The molecular formula is C34H43N9O8. The summed E-state index contributed by atoms with van der Waals surface area (Å²) < 4.78 is 19.7. The third-order valence-electron chi connectivity index (χ3n) is 8.68. The van der Waals surface area contributed by atoms with Gasteiger partial charge < -0.3 is 48.8 Å². The Morgan fingerprint density at radius 3 is 2.20 bits per heavy atom. The van der Waals surface area contributed by atoms with Crippen LogP contribution in [0.1, 0.15) is 50.2 Å². The number of benzene rings is 2. The molecule has 5 N–H and O–H groups in total. The van der Waals surface area contributed by atoms with E-state index in [2.05, 4.69) is 15.1 Å². The zero-order valence-electron chi connectivity index (χ0n) is 29.4. The largest absolute Gasteiger partial charge is 0.494 e. The Hall–Kier alpha value is -5.52. The van der Waals surface area contributed by atoms with Crippen LogP contribution in [-0.2, 0) is 33.7 Å². The van der Waals surface area contributed by atoms with Gasteiger partial charge in [0.1, 0.15) is 34.5 Å². The molecule has 0 saturated heterocycles. The van der Waals surface area contributed by atoms with E-state index in [4.69, 9.17) is 15.2 Å². The topological polar surface area (TPSA) is 219 Å². The lowest BCUT2D eigenvalue weighted by atomic mass is 10.1. The Bertz CT molecular complexity index is 2270. The van der Waals surface area contributed by atoms with E-state index in [9.17, 15) is 29.7 Å². The minimum Gasteiger partial charge on any atom is -0.494 e. The summed E-state index contributed by atoms with van der Waals surface area (Å²) in [4.78, 5) is 46.4. The number of methoxy groups -OCH3 is 1. The number of aliphatic hydroxyl groups excluding tert-OH is 3. The number of imidazole rings is 2. The number of aryl methyl sites for hydroxylation is 4. The first-order chi connectivity index (χ1) is 24.4. The number of fused-ring (bicyclic) bond motifs is 2. The van der Waals surface area contributed by atoms with E-state index >= 15 is 0 Å². The second kappa shape index (κ2) is 15.2.